The summed E-state index contributed by atoms with van der Waals surface area (Å²) in [4.78, 5) is 27.8. The second-order valence-corrected chi connectivity index (χ2v) is 7.09. The Bertz CT molecular complexity index is 907. The number of nitrogens with zero attached hydrogens (tertiary/aromatic N) is 3. The first-order valence-corrected chi connectivity index (χ1v) is 9.32. The van der Waals surface area contributed by atoms with Gasteiger partial charge in [0, 0.05) is 40.6 Å². The van der Waals surface area contributed by atoms with Gasteiger partial charge in [0.1, 0.15) is 0 Å². The van der Waals surface area contributed by atoms with Crippen LogP contribution in [0.3, 0.4) is 0 Å². The van der Waals surface area contributed by atoms with Crippen LogP contribution in [0.5, 0.6) is 0 Å². The first-order valence-electron chi connectivity index (χ1n) is 7.65. The number of amides is 1. The van der Waals surface area contributed by atoms with E-state index in [-0.39, 0.29) is 11.5 Å². The fraction of sp³-hybridized carbons (Fsp3) is 0.176. The van der Waals surface area contributed by atoms with Crippen LogP contribution in [0.2, 0.25) is 0 Å². The molecule has 1 N–H and O–H groups in total. The third-order valence-electron chi connectivity index (χ3n) is 3.46. The number of benzene rings is 1. The van der Waals surface area contributed by atoms with Gasteiger partial charge in [-0.2, -0.15) is 5.10 Å². The number of aryl methyl sites for hydroxylation is 1. The minimum Gasteiger partial charge on any atom is -0.302 e. The van der Waals surface area contributed by atoms with Crippen LogP contribution in [-0.2, 0) is 11.3 Å². The van der Waals surface area contributed by atoms with Crippen LogP contribution in [0.25, 0.3) is 11.3 Å². The highest BCUT2D eigenvalue weighted by molar-refractivity contribution is 9.10. The van der Waals surface area contributed by atoms with Gasteiger partial charge in [-0.05, 0) is 24.6 Å². The van der Waals surface area contributed by atoms with E-state index in [1.807, 2.05) is 24.3 Å². The summed E-state index contributed by atoms with van der Waals surface area (Å²) in [6.45, 7) is 0.383. The predicted molar refractivity (Wildman–Crippen MR) is 102 cm³/mol. The number of rotatable bonds is 6. The Morgan fingerprint density at radius 3 is 2.72 bits per heavy atom. The lowest BCUT2D eigenvalue weighted by Crippen LogP contribution is -2.23. The summed E-state index contributed by atoms with van der Waals surface area (Å²) >= 11 is 4.77. The SMILES string of the molecule is O=C(CCCn1nc(-c2ccc(Br)cc2)ccc1=O)Nc1nccs1. The van der Waals surface area contributed by atoms with E-state index in [9.17, 15) is 9.59 Å². The van der Waals surface area contributed by atoms with Crippen LogP contribution in [0.1, 0.15) is 12.8 Å². The largest absolute Gasteiger partial charge is 0.302 e. The highest BCUT2D eigenvalue weighted by Gasteiger charge is 2.07. The Morgan fingerprint density at radius 1 is 1.20 bits per heavy atom. The number of hydrogen-bond donors (Lipinski definition) is 1. The Hall–Kier alpha value is -2.32. The Morgan fingerprint density at radius 2 is 2.00 bits per heavy atom. The lowest BCUT2D eigenvalue weighted by atomic mass is 10.1. The maximum absolute atomic E-state index is 12.0. The number of hydrogen-bond acceptors (Lipinski definition) is 5. The van der Waals surface area contributed by atoms with Gasteiger partial charge in [-0.1, -0.05) is 28.1 Å². The lowest BCUT2D eigenvalue weighted by Gasteiger charge is -2.07. The monoisotopic (exact) mass is 418 g/mol. The van der Waals surface area contributed by atoms with Crippen molar-refractivity contribution in [2.24, 2.45) is 0 Å². The molecule has 0 fully saturated rings. The average molecular weight is 419 g/mol. The molecule has 2 aromatic heterocycles. The van der Waals surface area contributed by atoms with E-state index < -0.39 is 0 Å². The smallest absolute Gasteiger partial charge is 0.266 e. The summed E-state index contributed by atoms with van der Waals surface area (Å²) in [7, 11) is 0. The maximum Gasteiger partial charge on any atom is 0.266 e. The van der Waals surface area contributed by atoms with Gasteiger partial charge in [0.15, 0.2) is 5.13 Å². The molecule has 0 atom stereocenters. The average Bonchev–Trinajstić information content (AvgIpc) is 3.10. The molecule has 3 aromatic rings. The molecule has 2 heterocycles. The van der Waals surface area contributed by atoms with Crippen molar-refractivity contribution in [2.75, 3.05) is 5.32 Å². The molecule has 8 heteroatoms. The third-order valence-corrected chi connectivity index (χ3v) is 4.68. The first kappa shape index (κ1) is 17.5. The minimum atomic E-state index is -0.179. The van der Waals surface area contributed by atoms with Crippen LogP contribution < -0.4 is 10.9 Å². The van der Waals surface area contributed by atoms with Crippen molar-refractivity contribution in [3.05, 3.63) is 62.8 Å². The molecule has 0 bridgehead atoms. The molecule has 25 heavy (non-hydrogen) atoms. The van der Waals surface area contributed by atoms with Gasteiger partial charge in [0.05, 0.1) is 5.69 Å². The van der Waals surface area contributed by atoms with E-state index in [0.717, 1.165) is 15.7 Å². The summed E-state index contributed by atoms with van der Waals surface area (Å²) in [5, 5.41) is 9.49. The molecule has 1 amide bonds. The minimum absolute atomic E-state index is 0.118. The summed E-state index contributed by atoms with van der Waals surface area (Å²) in [5.41, 5.74) is 1.47. The molecule has 0 saturated heterocycles. The van der Waals surface area contributed by atoms with Crippen molar-refractivity contribution < 1.29 is 4.79 Å². The van der Waals surface area contributed by atoms with Gasteiger partial charge >= 0.3 is 0 Å². The van der Waals surface area contributed by atoms with E-state index in [4.69, 9.17) is 0 Å². The van der Waals surface area contributed by atoms with Gasteiger partial charge in [0.2, 0.25) is 5.91 Å². The fourth-order valence-corrected chi connectivity index (χ4v) is 3.05. The highest BCUT2D eigenvalue weighted by Crippen LogP contribution is 2.18. The molecule has 0 radical (unpaired) electrons. The van der Waals surface area contributed by atoms with Crippen LogP contribution in [0.4, 0.5) is 5.13 Å². The normalized spacial score (nSPS) is 10.6. The third kappa shape index (κ3) is 4.83. The van der Waals surface area contributed by atoms with E-state index in [1.54, 1.807) is 17.6 Å². The summed E-state index contributed by atoms with van der Waals surface area (Å²) in [5.74, 6) is -0.118. The molecule has 0 aliphatic heterocycles. The van der Waals surface area contributed by atoms with Crippen molar-refractivity contribution in [2.45, 2.75) is 19.4 Å². The second-order valence-electron chi connectivity index (χ2n) is 5.28. The second kappa shape index (κ2) is 8.17. The molecule has 0 aliphatic rings. The van der Waals surface area contributed by atoms with Crippen molar-refractivity contribution in [1.29, 1.82) is 0 Å². The van der Waals surface area contributed by atoms with Crippen molar-refractivity contribution in [3.8, 4) is 11.3 Å². The zero-order valence-electron chi connectivity index (χ0n) is 13.2. The molecule has 0 spiro atoms. The Labute approximate surface area is 156 Å². The zero-order chi connectivity index (χ0) is 17.6. The van der Waals surface area contributed by atoms with Crippen LogP contribution in [-0.4, -0.2) is 20.7 Å². The van der Waals surface area contributed by atoms with E-state index in [0.29, 0.717) is 24.5 Å². The summed E-state index contributed by atoms with van der Waals surface area (Å²) in [6.07, 6.45) is 2.46. The van der Waals surface area contributed by atoms with Gasteiger partial charge in [-0.3, -0.25) is 9.59 Å². The molecular weight excluding hydrogens is 404 g/mol. The number of anilines is 1. The number of carbonyl (C=O) groups excluding carboxylic acids is 1. The standard InChI is InChI=1S/C17H15BrN4O2S/c18-13-5-3-12(4-6-13)14-7-8-16(24)22(21-14)10-1-2-15(23)20-17-19-9-11-25-17/h3-9,11H,1-2,10H2,(H,19,20,23). The predicted octanol–water partition coefficient (Wildman–Crippen LogP) is 3.55. The van der Waals surface area contributed by atoms with Crippen molar-refractivity contribution in [1.82, 2.24) is 14.8 Å². The quantitative estimate of drug-likeness (QED) is 0.663. The molecule has 0 unspecified atom stereocenters. The molecule has 6 nitrogen and oxygen atoms in total. The van der Waals surface area contributed by atoms with Gasteiger partial charge in [0.25, 0.3) is 5.56 Å². The summed E-state index contributed by atoms with van der Waals surface area (Å²) in [6, 6.07) is 10.9. The van der Waals surface area contributed by atoms with Crippen LogP contribution in [0, 0.1) is 0 Å². The van der Waals surface area contributed by atoms with Gasteiger partial charge in [-0.15, -0.1) is 11.3 Å². The number of halogens is 1. The number of carbonyl (C=O) groups is 1. The number of aromatic nitrogens is 3. The molecule has 1 aromatic carbocycles. The summed E-state index contributed by atoms with van der Waals surface area (Å²) < 4.78 is 2.38. The fourth-order valence-electron chi connectivity index (χ4n) is 2.24. The molecule has 0 aliphatic carbocycles. The molecule has 128 valence electrons. The van der Waals surface area contributed by atoms with Gasteiger partial charge in [-0.25, -0.2) is 9.67 Å². The van der Waals surface area contributed by atoms with Crippen LogP contribution in [0.15, 0.2) is 57.2 Å². The van der Waals surface area contributed by atoms with Crippen molar-refractivity contribution in [3.63, 3.8) is 0 Å². The molecule has 3 rings (SSSR count). The first-order chi connectivity index (χ1) is 12.1. The zero-order valence-corrected chi connectivity index (χ0v) is 15.6. The topological polar surface area (TPSA) is 76.9 Å². The van der Waals surface area contributed by atoms with E-state index in [2.05, 4.69) is 31.3 Å². The van der Waals surface area contributed by atoms with Crippen molar-refractivity contribution >= 4 is 38.3 Å². The number of thiazole rings is 1. The maximum atomic E-state index is 12.0. The lowest BCUT2D eigenvalue weighted by molar-refractivity contribution is -0.116. The van der Waals surface area contributed by atoms with Gasteiger partial charge < -0.3 is 5.32 Å². The molecular formula is C17H15BrN4O2S. The number of nitrogens with one attached hydrogen (secondary N) is 1. The van der Waals surface area contributed by atoms with Crippen LogP contribution >= 0.6 is 27.3 Å². The van der Waals surface area contributed by atoms with E-state index in [1.165, 1.54) is 22.1 Å². The molecule has 0 saturated carbocycles. The van der Waals surface area contributed by atoms with E-state index >= 15 is 0 Å². The highest BCUT2D eigenvalue weighted by atomic mass is 79.9. The Balaban J connectivity index is 1.62. The Kier molecular flexibility index (Phi) is 5.72.